The number of benzene rings is 1. The van der Waals surface area contributed by atoms with Crippen LogP contribution in [-0.4, -0.2) is 35.9 Å². The van der Waals surface area contributed by atoms with E-state index in [1.807, 2.05) is 12.1 Å². The second-order valence-corrected chi connectivity index (χ2v) is 11.9. The SMILES string of the molecule is CC(=O)[C@@]1(O)CC[C@H]2[C@@H]3CC(CN(C)c4ccccc4)C4=CC(=O)CC[C@]4(C)[C@H]3CC[C@@]21C. The van der Waals surface area contributed by atoms with Crippen LogP contribution in [0, 0.1) is 34.5 Å². The van der Waals surface area contributed by atoms with E-state index in [4.69, 9.17) is 0 Å². The van der Waals surface area contributed by atoms with Gasteiger partial charge in [-0.3, -0.25) is 9.59 Å². The van der Waals surface area contributed by atoms with E-state index in [-0.39, 0.29) is 22.4 Å². The van der Waals surface area contributed by atoms with Crippen molar-refractivity contribution < 1.29 is 14.7 Å². The van der Waals surface area contributed by atoms with Crippen molar-refractivity contribution >= 4 is 17.3 Å². The molecule has 0 spiro atoms. The van der Waals surface area contributed by atoms with Crippen molar-refractivity contribution in [3.8, 4) is 0 Å². The molecule has 5 rings (SSSR count). The van der Waals surface area contributed by atoms with Gasteiger partial charge in [0.1, 0.15) is 5.60 Å². The molecule has 1 unspecified atom stereocenters. The van der Waals surface area contributed by atoms with E-state index in [1.54, 1.807) is 6.92 Å². The van der Waals surface area contributed by atoms with Crippen LogP contribution in [0.1, 0.15) is 65.7 Å². The number of aliphatic hydroxyl groups is 1. The van der Waals surface area contributed by atoms with Gasteiger partial charge >= 0.3 is 0 Å². The maximum absolute atomic E-state index is 12.6. The number of rotatable bonds is 4. The molecule has 4 aliphatic carbocycles. The van der Waals surface area contributed by atoms with Crippen LogP contribution in [0.3, 0.4) is 0 Å². The summed E-state index contributed by atoms with van der Waals surface area (Å²) in [7, 11) is 2.15. The van der Waals surface area contributed by atoms with Gasteiger partial charge in [-0.15, -0.1) is 0 Å². The molecular weight excluding hydrogens is 410 g/mol. The lowest BCUT2D eigenvalue weighted by Crippen LogP contribution is -2.58. The molecule has 4 nitrogen and oxygen atoms in total. The van der Waals surface area contributed by atoms with Gasteiger partial charge in [0.2, 0.25) is 0 Å². The molecule has 0 aliphatic heterocycles. The fourth-order valence-electron chi connectivity index (χ4n) is 8.67. The van der Waals surface area contributed by atoms with Crippen molar-refractivity contribution in [1.29, 1.82) is 0 Å². The topological polar surface area (TPSA) is 57.6 Å². The number of fused-ring (bicyclic) bond motifs is 5. The highest BCUT2D eigenvalue weighted by atomic mass is 16.3. The van der Waals surface area contributed by atoms with Gasteiger partial charge in [0.15, 0.2) is 11.6 Å². The average Bonchev–Trinajstić information content (AvgIpc) is 3.07. The Morgan fingerprint density at radius 2 is 1.79 bits per heavy atom. The van der Waals surface area contributed by atoms with Crippen molar-refractivity contribution in [2.24, 2.45) is 34.5 Å². The lowest BCUT2D eigenvalue weighted by molar-refractivity contribution is -0.161. The number of hydrogen-bond donors (Lipinski definition) is 1. The Labute approximate surface area is 198 Å². The second-order valence-electron chi connectivity index (χ2n) is 11.9. The minimum atomic E-state index is -1.18. The maximum atomic E-state index is 12.6. The molecule has 3 fully saturated rings. The normalized spacial score (nSPS) is 42.1. The monoisotopic (exact) mass is 449 g/mol. The first kappa shape index (κ1) is 22.8. The molecule has 7 atom stereocenters. The lowest BCUT2D eigenvalue weighted by atomic mass is 9.44. The largest absolute Gasteiger partial charge is 0.382 e. The van der Waals surface area contributed by atoms with Gasteiger partial charge in [-0.05, 0) is 92.7 Å². The third-order valence-corrected chi connectivity index (χ3v) is 10.5. The smallest absolute Gasteiger partial charge is 0.161 e. The van der Waals surface area contributed by atoms with Crippen molar-refractivity contribution in [3.05, 3.63) is 42.0 Å². The molecule has 0 bridgehead atoms. The Morgan fingerprint density at radius 1 is 1.09 bits per heavy atom. The molecule has 1 aromatic rings. The molecule has 178 valence electrons. The number of ketones is 2. The Bertz CT molecular complexity index is 986. The van der Waals surface area contributed by atoms with Crippen LogP contribution in [0.15, 0.2) is 42.0 Å². The van der Waals surface area contributed by atoms with Crippen LogP contribution in [-0.2, 0) is 9.59 Å². The number of carbonyl (C=O) groups excluding carboxylic acids is 2. The Hall–Kier alpha value is -1.94. The summed E-state index contributed by atoms with van der Waals surface area (Å²) in [5.74, 6) is 1.92. The summed E-state index contributed by atoms with van der Waals surface area (Å²) < 4.78 is 0. The summed E-state index contributed by atoms with van der Waals surface area (Å²) in [6, 6.07) is 10.5. The van der Waals surface area contributed by atoms with Crippen molar-refractivity contribution in [3.63, 3.8) is 0 Å². The molecule has 3 saturated carbocycles. The van der Waals surface area contributed by atoms with Gasteiger partial charge in [-0.2, -0.15) is 0 Å². The van der Waals surface area contributed by atoms with Gasteiger partial charge in [0.25, 0.3) is 0 Å². The van der Waals surface area contributed by atoms with Crippen LogP contribution in [0.4, 0.5) is 5.69 Å². The summed E-state index contributed by atoms with van der Waals surface area (Å²) in [6.45, 7) is 7.06. The standard InChI is InChI=1S/C29H39NO3/c1-19(31)29(33)15-12-25-23-16-20(18-30(4)21-8-6-5-7-9-21)26-17-22(32)10-13-27(26,2)24(23)11-14-28(25,29)3/h5-9,17,20,23-25,33H,10-16,18H2,1-4H3/t20?,23-,24+,25+,27-,28+,29+/m1/s1. The van der Waals surface area contributed by atoms with Crippen molar-refractivity contribution in [1.82, 2.24) is 0 Å². The van der Waals surface area contributed by atoms with Gasteiger partial charge in [0.05, 0.1) is 0 Å². The summed E-state index contributed by atoms with van der Waals surface area (Å²) in [5, 5.41) is 11.5. The minimum absolute atomic E-state index is 0.0390. The second kappa shape index (κ2) is 7.80. The molecule has 4 aliphatic rings. The first-order valence-corrected chi connectivity index (χ1v) is 12.8. The van der Waals surface area contributed by atoms with Gasteiger partial charge in [-0.25, -0.2) is 0 Å². The molecule has 0 aromatic heterocycles. The van der Waals surface area contributed by atoms with Crippen LogP contribution in [0.25, 0.3) is 0 Å². The molecule has 0 heterocycles. The van der Waals surface area contributed by atoms with E-state index in [2.05, 4.69) is 50.1 Å². The predicted octanol–water partition coefficient (Wildman–Crippen LogP) is 5.20. The summed E-state index contributed by atoms with van der Waals surface area (Å²) in [4.78, 5) is 27.5. The van der Waals surface area contributed by atoms with Gasteiger partial charge in [-0.1, -0.05) is 37.6 Å². The van der Waals surface area contributed by atoms with Crippen LogP contribution in [0.5, 0.6) is 0 Å². The Balaban J connectivity index is 1.51. The molecule has 0 radical (unpaired) electrons. The third-order valence-electron chi connectivity index (χ3n) is 10.5. The van der Waals surface area contributed by atoms with Crippen LogP contribution in [0.2, 0.25) is 0 Å². The van der Waals surface area contributed by atoms with E-state index < -0.39 is 5.60 Å². The fourth-order valence-corrected chi connectivity index (χ4v) is 8.67. The zero-order valence-corrected chi connectivity index (χ0v) is 20.6. The number of para-hydroxylation sites is 1. The van der Waals surface area contributed by atoms with Crippen molar-refractivity contribution in [2.75, 3.05) is 18.5 Å². The highest BCUT2D eigenvalue weighted by Gasteiger charge is 2.66. The molecule has 4 heteroatoms. The molecule has 0 saturated heterocycles. The summed E-state index contributed by atoms with van der Waals surface area (Å²) in [5.41, 5.74) is 1.09. The number of anilines is 1. The molecule has 1 aromatic carbocycles. The van der Waals surface area contributed by atoms with Crippen LogP contribution < -0.4 is 4.90 Å². The number of Topliss-reactive ketones (excluding diaryl/α,β-unsaturated/α-hetero) is 1. The first-order valence-electron chi connectivity index (χ1n) is 12.8. The Kier molecular flexibility index (Phi) is 5.39. The minimum Gasteiger partial charge on any atom is -0.382 e. The summed E-state index contributed by atoms with van der Waals surface area (Å²) in [6.07, 6.45) is 8.09. The number of carbonyl (C=O) groups is 2. The van der Waals surface area contributed by atoms with Crippen molar-refractivity contribution in [2.45, 2.75) is 71.3 Å². The first-order chi connectivity index (χ1) is 15.6. The molecule has 0 amide bonds. The number of hydrogen-bond acceptors (Lipinski definition) is 4. The fraction of sp³-hybridized carbons (Fsp3) is 0.655. The Morgan fingerprint density at radius 3 is 2.48 bits per heavy atom. The summed E-state index contributed by atoms with van der Waals surface area (Å²) >= 11 is 0. The van der Waals surface area contributed by atoms with Crippen LogP contribution >= 0.6 is 0 Å². The van der Waals surface area contributed by atoms with E-state index in [0.29, 0.717) is 36.5 Å². The van der Waals surface area contributed by atoms with E-state index in [0.717, 1.165) is 38.6 Å². The van der Waals surface area contributed by atoms with Gasteiger partial charge in [0, 0.05) is 31.1 Å². The quantitative estimate of drug-likeness (QED) is 0.686. The highest BCUT2D eigenvalue weighted by molar-refractivity contribution is 5.92. The third kappa shape index (κ3) is 3.27. The molecule has 1 N–H and O–H groups in total. The lowest BCUT2D eigenvalue weighted by Gasteiger charge is -2.60. The van der Waals surface area contributed by atoms with Gasteiger partial charge < -0.3 is 10.0 Å². The van der Waals surface area contributed by atoms with E-state index in [1.165, 1.54) is 11.3 Å². The van der Waals surface area contributed by atoms with E-state index in [9.17, 15) is 14.7 Å². The zero-order valence-electron chi connectivity index (χ0n) is 20.6. The van der Waals surface area contributed by atoms with E-state index >= 15 is 0 Å². The predicted molar refractivity (Wildman–Crippen MR) is 131 cm³/mol. The highest BCUT2D eigenvalue weighted by Crippen LogP contribution is 2.68. The molecule has 33 heavy (non-hydrogen) atoms. The zero-order chi connectivity index (χ0) is 23.6. The number of nitrogens with zero attached hydrogens (tertiary/aromatic N) is 1. The maximum Gasteiger partial charge on any atom is 0.161 e. The average molecular weight is 450 g/mol. The molecular formula is C29H39NO3.